The minimum absolute atomic E-state index is 0.0282. The highest BCUT2D eigenvalue weighted by Gasteiger charge is 2.27. The summed E-state index contributed by atoms with van der Waals surface area (Å²) in [5, 5.41) is 8.58. The second-order valence-corrected chi connectivity index (χ2v) is 9.88. The lowest BCUT2D eigenvalue weighted by molar-refractivity contribution is 0.355. The number of nitrogens with zero attached hydrogens (tertiary/aromatic N) is 3. The molecule has 5 rings (SSSR count). The Morgan fingerprint density at radius 3 is 2.26 bits per heavy atom. The van der Waals surface area contributed by atoms with Crippen molar-refractivity contribution in [3.8, 4) is 17.2 Å². The van der Waals surface area contributed by atoms with Crippen molar-refractivity contribution in [3.63, 3.8) is 0 Å². The van der Waals surface area contributed by atoms with Crippen molar-refractivity contribution < 1.29 is 17.9 Å². The Morgan fingerprint density at radius 2 is 1.56 bits per heavy atom. The molecule has 8 nitrogen and oxygen atoms in total. The Morgan fingerprint density at radius 1 is 0.853 bits per heavy atom. The Hall–Kier alpha value is -3.56. The fraction of sp³-hybridized carbons (Fsp3) is 0.240. The van der Waals surface area contributed by atoms with Gasteiger partial charge in [-0.2, -0.15) is 5.10 Å². The van der Waals surface area contributed by atoms with Gasteiger partial charge in [-0.25, -0.2) is 13.1 Å². The van der Waals surface area contributed by atoms with Crippen molar-refractivity contribution >= 4 is 26.4 Å². The van der Waals surface area contributed by atoms with Crippen LogP contribution < -0.4 is 19.7 Å². The van der Waals surface area contributed by atoms with E-state index in [0.29, 0.717) is 28.1 Å². The second kappa shape index (κ2) is 9.00. The summed E-state index contributed by atoms with van der Waals surface area (Å²) >= 11 is 0. The number of piperazine rings is 1. The van der Waals surface area contributed by atoms with Gasteiger partial charge in [-0.1, -0.05) is 18.2 Å². The molecule has 0 unspecified atom stereocenters. The van der Waals surface area contributed by atoms with Crippen molar-refractivity contribution in [3.05, 3.63) is 66.7 Å². The van der Waals surface area contributed by atoms with Crippen LogP contribution in [0.25, 0.3) is 16.6 Å². The van der Waals surface area contributed by atoms with Gasteiger partial charge in [0.25, 0.3) is 0 Å². The normalized spacial score (nSPS) is 14.4. The molecule has 176 valence electrons. The lowest BCUT2D eigenvalue weighted by Gasteiger charge is -2.29. The van der Waals surface area contributed by atoms with Gasteiger partial charge < -0.3 is 19.7 Å². The highest BCUT2D eigenvalue weighted by molar-refractivity contribution is 7.91. The summed E-state index contributed by atoms with van der Waals surface area (Å²) in [4.78, 5) is 2.46. The zero-order chi connectivity index (χ0) is 23.7. The third-order valence-electron chi connectivity index (χ3n) is 6.03. The fourth-order valence-corrected chi connectivity index (χ4v) is 5.64. The lowest BCUT2D eigenvalue weighted by Crippen LogP contribution is -2.43. The minimum Gasteiger partial charge on any atom is -0.493 e. The van der Waals surface area contributed by atoms with Crippen LogP contribution in [0.15, 0.2) is 76.7 Å². The predicted octanol–water partition coefficient (Wildman–Crippen LogP) is 3.29. The molecule has 3 aromatic carbocycles. The number of nitrogens with one attached hydrogen (secondary N) is 1. The maximum Gasteiger partial charge on any atom is 0.226 e. The number of aromatic nitrogens is 2. The van der Waals surface area contributed by atoms with Gasteiger partial charge in [-0.05, 0) is 42.5 Å². The zero-order valence-electron chi connectivity index (χ0n) is 19.1. The van der Waals surface area contributed by atoms with Gasteiger partial charge in [0.2, 0.25) is 9.84 Å². The van der Waals surface area contributed by atoms with Gasteiger partial charge in [0.15, 0.2) is 16.5 Å². The molecule has 1 fully saturated rings. The number of benzene rings is 3. The molecule has 1 saturated heterocycles. The molecule has 0 atom stereocenters. The SMILES string of the molecule is COc1ccc(-n2nc(S(=O)(=O)c3ccccc3)c3cc(N4CCNCC4)ccc32)cc1OC. The average molecular weight is 479 g/mol. The predicted molar refractivity (Wildman–Crippen MR) is 131 cm³/mol. The number of anilines is 1. The van der Waals surface area contributed by atoms with E-state index in [0.717, 1.165) is 31.9 Å². The Balaban J connectivity index is 1.73. The van der Waals surface area contributed by atoms with Crippen LogP contribution in [0, 0.1) is 0 Å². The number of sulfone groups is 1. The van der Waals surface area contributed by atoms with E-state index in [9.17, 15) is 8.42 Å². The summed E-state index contributed by atoms with van der Waals surface area (Å²) in [6.45, 7) is 3.49. The Kier molecular flexibility index (Phi) is 5.89. The molecule has 0 saturated carbocycles. The average Bonchev–Trinajstić information content (AvgIpc) is 3.29. The molecule has 4 aromatic rings. The number of hydrogen-bond donors (Lipinski definition) is 1. The van der Waals surface area contributed by atoms with Crippen LogP contribution in [0.1, 0.15) is 0 Å². The van der Waals surface area contributed by atoms with Gasteiger partial charge in [-0.15, -0.1) is 0 Å². The molecule has 0 aliphatic carbocycles. The number of rotatable bonds is 6. The van der Waals surface area contributed by atoms with Gasteiger partial charge in [0.05, 0.1) is 30.3 Å². The third kappa shape index (κ3) is 3.86. The van der Waals surface area contributed by atoms with Gasteiger partial charge >= 0.3 is 0 Å². The third-order valence-corrected chi connectivity index (χ3v) is 7.73. The maximum atomic E-state index is 13.7. The first-order valence-corrected chi connectivity index (χ1v) is 12.5. The van der Waals surface area contributed by atoms with Crippen LogP contribution in [-0.4, -0.2) is 58.6 Å². The topological polar surface area (TPSA) is 85.7 Å². The number of methoxy groups -OCH3 is 2. The molecule has 0 radical (unpaired) electrons. The Bertz CT molecular complexity index is 1430. The van der Waals surface area contributed by atoms with Crippen LogP contribution in [-0.2, 0) is 9.84 Å². The van der Waals surface area contributed by atoms with Crippen molar-refractivity contribution in [2.75, 3.05) is 45.3 Å². The second-order valence-electron chi connectivity index (χ2n) is 8.01. The van der Waals surface area contributed by atoms with E-state index in [4.69, 9.17) is 9.47 Å². The summed E-state index contributed by atoms with van der Waals surface area (Å²) < 4.78 is 39.8. The molecular formula is C25H26N4O4S. The zero-order valence-corrected chi connectivity index (χ0v) is 19.9. The van der Waals surface area contributed by atoms with E-state index >= 15 is 0 Å². The van der Waals surface area contributed by atoms with E-state index in [2.05, 4.69) is 15.3 Å². The van der Waals surface area contributed by atoms with E-state index in [1.807, 2.05) is 24.3 Å². The van der Waals surface area contributed by atoms with Crippen LogP contribution in [0.5, 0.6) is 11.5 Å². The van der Waals surface area contributed by atoms with E-state index < -0.39 is 9.84 Å². The molecule has 9 heteroatoms. The van der Waals surface area contributed by atoms with Crippen molar-refractivity contribution in [1.82, 2.24) is 15.1 Å². The lowest BCUT2D eigenvalue weighted by atomic mass is 10.2. The molecule has 0 bridgehead atoms. The number of ether oxygens (including phenoxy) is 2. The molecule has 34 heavy (non-hydrogen) atoms. The molecule has 0 amide bonds. The first kappa shape index (κ1) is 22.2. The first-order valence-electron chi connectivity index (χ1n) is 11.0. The summed E-state index contributed by atoms with van der Waals surface area (Å²) in [6.07, 6.45) is 0. The van der Waals surface area contributed by atoms with E-state index in [-0.39, 0.29) is 9.92 Å². The monoisotopic (exact) mass is 478 g/mol. The van der Waals surface area contributed by atoms with Crippen LogP contribution in [0.3, 0.4) is 0 Å². The van der Waals surface area contributed by atoms with Gasteiger partial charge in [0, 0.05) is 43.3 Å². The van der Waals surface area contributed by atoms with Gasteiger partial charge in [-0.3, -0.25) is 0 Å². The smallest absolute Gasteiger partial charge is 0.226 e. The summed E-state index contributed by atoms with van der Waals surface area (Å²) in [5.41, 5.74) is 2.35. The van der Waals surface area contributed by atoms with Crippen molar-refractivity contribution in [2.45, 2.75) is 9.92 Å². The molecule has 1 aliphatic rings. The van der Waals surface area contributed by atoms with E-state index in [1.165, 1.54) is 0 Å². The first-order chi connectivity index (χ1) is 16.5. The highest BCUT2D eigenvalue weighted by atomic mass is 32.2. The largest absolute Gasteiger partial charge is 0.493 e. The minimum atomic E-state index is -3.85. The summed E-state index contributed by atoms with van der Waals surface area (Å²) in [5.74, 6) is 1.12. The van der Waals surface area contributed by atoms with Crippen LogP contribution in [0.4, 0.5) is 5.69 Å². The molecule has 1 N–H and O–H groups in total. The molecule has 0 spiro atoms. The standard InChI is InChI=1S/C25H26N4O4S/c1-32-23-11-9-19(17-24(23)33-2)29-22-10-8-18(28-14-12-26-13-15-28)16-21(22)25(27-29)34(30,31)20-6-4-3-5-7-20/h3-11,16-17,26H,12-15H2,1-2H3. The molecular weight excluding hydrogens is 452 g/mol. The quantitative estimate of drug-likeness (QED) is 0.455. The van der Waals surface area contributed by atoms with Gasteiger partial charge in [0.1, 0.15) is 0 Å². The maximum absolute atomic E-state index is 13.7. The van der Waals surface area contributed by atoms with Crippen LogP contribution in [0.2, 0.25) is 0 Å². The molecule has 1 aromatic heterocycles. The van der Waals surface area contributed by atoms with E-state index in [1.54, 1.807) is 61.4 Å². The van der Waals surface area contributed by atoms with Crippen molar-refractivity contribution in [1.29, 1.82) is 0 Å². The number of fused-ring (bicyclic) bond motifs is 1. The fourth-order valence-electron chi connectivity index (χ4n) is 4.26. The molecule has 1 aliphatic heterocycles. The molecule has 2 heterocycles. The van der Waals surface area contributed by atoms with Crippen LogP contribution >= 0.6 is 0 Å². The Labute approximate surface area is 198 Å². The summed E-state index contributed by atoms with van der Waals surface area (Å²) in [7, 11) is -0.712. The highest BCUT2D eigenvalue weighted by Crippen LogP contribution is 2.35. The summed E-state index contributed by atoms with van der Waals surface area (Å²) in [6, 6.07) is 19.7. The number of hydrogen-bond acceptors (Lipinski definition) is 7. The van der Waals surface area contributed by atoms with Crippen molar-refractivity contribution in [2.24, 2.45) is 0 Å².